The normalized spacial score (nSPS) is 12.8. The van der Waals surface area contributed by atoms with Gasteiger partial charge < -0.3 is 4.74 Å². The quantitative estimate of drug-likeness (QED) is 0.622. The molecule has 0 saturated carbocycles. The van der Waals surface area contributed by atoms with Crippen LogP contribution in [0.1, 0.15) is 34.7 Å². The van der Waals surface area contributed by atoms with E-state index >= 15 is 0 Å². The molecule has 2 aromatic carbocycles. The second-order valence-electron chi connectivity index (χ2n) is 5.26. The summed E-state index contributed by atoms with van der Waals surface area (Å²) in [5, 5.41) is 0. The van der Waals surface area contributed by atoms with E-state index in [0.29, 0.717) is 13.2 Å². The highest BCUT2D eigenvalue weighted by atomic mass is 16.5. The Morgan fingerprint density at radius 2 is 1.82 bits per heavy atom. The molecule has 22 heavy (non-hydrogen) atoms. The van der Waals surface area contributed by atoms with E-state index in [0.717, 1.165) is 16.7 Å². The van der Waals surface area contributed by atoms with E-state index in [1.165, 1.54) is 11.1 Å². The summed E-state index contributed by atoms with van der Waals surface area (Å²) in [6.45, 7) is 2.80. The predicted octanol–water partition coefficient (Wildman–Crippen LogP) is 3.72. The Hall–Kier alpha value is -2.63. The highest BCUT2D eigenvalue weighted by Gasteiger charge is 2.13. The number of hydrogen-bond acceptors (Lipinski definition) is 2. The highest BCUT2D eigenvalue weighted by Crippen LogP contribution is 2.24. The number of carbonyl (C=O) groups is 1. The second kappa shape index (κ2) is 6.43. The fourth-order valence-electron chi connectivity index (χ4n) is 2.36. The van der Waals surface area contributed by atoms with Gasteiger partial charge >= 0.3 is 0 Å². The topological polar surface area (TPSA) is 26.3 Å². The lowest BCUT2D eigenvalue weighted by Gasteiger charge is -2.03. The molecule has 0 saturated heterocycles. The van der Waals surface area contributed by atoms with Gasteiger partial charge in [-0.1, -0.05) is 36.1 Å². The van der Waals surface area contributed by atoms with Gasteiger partial charge in [-0.2, -0.15) is 0 Å². The molecule has 0 radical (unpaired) electrons. The van der Waals surface area contributed by atoms with Gasteiger partial charge in [-0.05, 0) is 54.0 Å². The van der Waals surface area contributed by atoms with Gasteiger partial charge in [0.2, 0.25) is 0 Å². The van der Waals surface area contributed by atoms with Crippen molar-refractivity contribution in [3.05, 3.63) is 76.4 Å². The minimum absolute atomic E-state index is 0.0266. The minimum atomic E-state index is 0.0266. The monoisotopic (exact) mass is 288 g/mol. The number of benzene rings is 2. The Labute approximate surface area is 130 Å². The van der Waals surface area contributed by atoms with Crippen LogP contribution >= 0.6 is 0 Å². The molecule has 2 aromatic rings. The van der Waals surface area contributed by atoms with Crippen LogP contribution in [0.5, 0.6) is 0 Å². The predicted molar refractivity (Wildman–Crippen MR) is 87.1 cm³/mol. The fourth-order valence-corrected chi connectivity index (χ4v) is 2.36. The van der Waals surface area contributed by atoms with Crippen molar-refractivity contribution in [2.75, 3.05) is 0 Å². The van der Waals surface area contributed by atoms with E-state index in [1.807, 2.05) is 36.4 Å². The fraction of sp³-hybridized carbons (Fsp3) is 0.150. The maximum Gasteiger partial charge on any atom is 0.152 e. The van der Waals surface area contributed by atoms with Crippen molar-refractivity contribution in [1.29, 1.82) is 0 Å². The first-order valence-electron chi connectivity index (χ1n) is 7.21. The third-order valence-corrected chi connectivity index (χ3v) is 3.50. The smallest absolute Gasteiger partial charge is 0.152 e. The van der Waals surface area contributed by atoms with Gasteiger partial charge in [-0.15, -0.1) is 0 Å². The number of ether oxygens (including phenoxy) is 1. The molecule has 1 heterocycles. The summed E-state index contributed by atoms with van der Waals surface area (Å²) in [6.07, 6.45) is 3.40. The van der Waals surface area contributed by atoms with Crippen LogP contribution in [0.25, 0.3) is 6.08 Å². The number of carbonyl (C=O) groups excluding carboxylic acids is 1. The lowest BCUT2D eigenvalue weighted by molar-refractivity contribution is -0.112. The highest BCUT2D eigenvalue weighted by molar-refractivity contribution is 5.92. The molecule has 0 atom stereocenters. The maximum atomic E-state index is 11.2. The van der Waals surface area contributed by atoms with Gasteiger partial charge in [0, 0.05) is 11.1 Å². The molecular formula is C20H16O2. The van der Waals surface area contributed by atoms with Crippen molar-refractivity contribution < 1.29 is 9.53 Å². The zero-order valence-corrected chi connectivity index (χ0v) is 12.4. The molecular weight excluding hydrogens is 272 g/mol. The molecule has 2 nitrogen and oxygen atoms in total. The summed E-state index contributed by atoms with van der Waals surface area (Å²) < 4.78 is 5.47. The van der Waals surface area contributed by atoms with Gasteiger partial charge in [-0.25, -0.2) is 0 Å². The van der Waals surface area contributed by atoms with Gasteiger partial charge in [0.15, 0.2) is 5.78 Å². The summed E-state index contributed by atoms with van der Waals surface area (Å²) in [7, 11) is 0. The SMILES string of the molecule is CC(=O)/C=C/c1cc2c(cc1C#Cc1ccccc1)COC2. The molecule has 0 aliphatic carbocycles. The Balaban J connectivity index is 2.02. The van der Waals surface area contributed by atoms with Crippen LogP contribution in [0.3, 0.4) is 0 Å². The van der Waals surface area contributed by atoms with Crippen molar-refractivity contribution >= 4 is 11.9 Å². The largest absolute Gasteiger partial charge is 0.372 e. The average molecular weight is 288 g/mol. The van der Waals surface area contributed by atoms with E-state index in [9.17, 15) is 4.79 Å². The zero-order valence-electron chi connectivity index (χ0n) is 12.4. The molecule has 0 fully saturated rings. The van der Waals surface area contributed by atoms with Gasteiger partial charge in [-0.3, -0.25) is 4.79 Å². The first-order valence-corrected chi connectivity index (χ1v) is 7.21. The molecule has 0 N–H and O–H groups in total. The molecule has 2 heteroatoms. The van der Waals surface area contributed by atoms with Crippen molar-refractivity contribution in [3.63, 3.8) is 0 Å². The first-order chi connectivity index (χ1) is 10.7. The number of fused-ring (bicyclic) bond motifs is 1. The molecule has 1 aliphatic heterocycles. The van der Waals surface area contributed by atoms with Crippen LogP contribution in [0, 0.1) is 11.8 Å². The lowest BCUT2D eigenvalue weighted by Crippen LogP contribution is -1.91. The number of ketones is 1. The van der Waals surface area contributed by atoms with Gasteiger partial charge in [0.25, 0.3) is 0 Å². The summed E-state index contributed by atoms with van der Waals surface area (Å²) in [4.78, 5) is 11.2. The van der Waals surface area contributed by atoms with Crippen molar-refractivity contribution in [1.82, 2.24) is 0 Å². The number of rotatable bonds is 2. The van der Waals surface area contributed by atoms with E-state index < -0.39 is 0 Å². The van der Waals surface area contributed by atoms with E-state index in [-0.39, 0.29) is 5.78 Å². The Bertz CT molecular complexity index is 790. The minimum Gasteiger partial charge on any atom is -0.372 e. The lowest BCUT2D eigenvalue weighted by atomic mass is 9.99. The van der Waals surface area contributed by atoms with Crippen LogP contribution in [0.2, 0.25) is 0 Å². The molecule has 0 unspecified atom stereocenters. The standard InChI is InChI=1S/C20H16O2/c1-15(21)7-9-17-11-19-13-22-14-20(19)12-18(17)10-8-16-5-3-2-4-6-16/h2-7,9,11-12H,13-14H2,1H3/b9-7+. The summed E-state index contributed by atoms with van der Waals surface area (Å²) in [5.41, 5.74) is 5.21. The Kier molecular flexibility index (Phi) is 4.18. The van der Waals surface area contributed by atoms with Gasteiger partial charge in [0.05, 0.1) is 13.2 Å². The zero-order chi connectivity index (χ0) is 15.4. The van der Waals surface area contributed by atoms with E-state index in [1.54, 1.807) is 13.0 Å². The average Bonchev–Trinajstić information content (AvgIpc) is 2.98. The summed E-state index contributed by atoms with van der Waals surface area (Å²) in [5.74, 6) is 6.41. The van der Waals surface area contributed by atoms with Gasteiger partial charge in [0.1, 0.15) is 0 Å². The Morgan fingerprint density at radius 3 is 2.55 bits per heavy atom. The number of allylic oxidation sites excluding steroid dienone is 1. The van der Waals surface area contributed by atoms with Crippen LogP contribution in [-0.4, -0.2) is 5.78 Å². The molecule has 0 amide bonds. The maximum absolute atomic E-state index is 11.2. The molecule has 0 bridgehead atoms. The molecule has 0 spiro atoms. The van der Waals surface area contributed by atoms with Crippen LogP contribution in [0.15, 0.2) is 48.5 Å². The molecule has 108 valence electrons. The first kappa shape index (κ1) is 14.3. The van der Waals surface area contributed by atoms with Crippen molar-refractivity contribution in [2.45, 2.75) is 20.1 Å². The van der Waals surface area contributed by atoms with Crippen LogP contribution in [0.4, 0.5) is 0 Å². The van der Waals surface area contributed by atoms with Crippen molar-refractivity contribution in [3.8, 4) is 11.8 Å². The Morgan fingerprint density at radius 1 is 1.09 bits per heavy atom. The third-order valence-electron chi connectivity index (χ3n) is 3.50. The molecule has 3 rings (SSSR count). The van der Waals surface area contributed by atoms with E-state index in [4.69, 9.17) is 4.74 Å². The number of hydrogen-bond donors (Lipinski definition) is 0. The molecule has 1 aliphatic rings. The van der Waals surface area contributed by atoms with E-state index in [2.05, 4.69) is 24.0 Å². The summed E-state index contributed by atoms with van der Waals surface area (Å²) in [6, 6.07) is 14.0. The summed E-state index contributed by atoms with van der Waals surface area (Å²) >= 11 is 0. The third kappa shape index (κ3) is 3.33. The van der Waals surface area contributed by atoms with Crippen LogP contribution < -0.4 is 0 Å². The molecule has 0 aromatic heterocycles. The van der Waals surface area contributed by atoms with Crippen molar-refractivity contribution in [2.24, 2.45) is 0 Å². The van der Waals surface area contributed by atoms with Crippen LogP contribution in [-0.2, 0) is 22.7 Å². The second-order valence-corrected chi connectivity index (χ2v) is 5.26.